The molecule has 2 rings (SSSR count). The van der Waals surface area contributed by atoms with Gasteiger partial charge in [0.1, 0.15) is 0 Å². The number of rotatable bonds is 5. The second-order valence-corrected chi connectivity index (χ2v) is 6.08. The van der Waals surface area contributed by atoms with Crippen molar-refractivity contribution in [1.82, 2.24) is 4.57 Å². The number of nitrogens with two attached hydrogens (primary N) is 1. The van der Waals surface area contributed by atoms with Crippen LogP contribution in [0.25, 0.3) is 0 Å². The summed E-state index contributed by atoms with van der Waals surface area (Å²) in [5, 5.41) is 0. The average Bonchev–Trinajstić information content (AvgIpc) is 2.49. The average molecular weight is 298 g/mol. The first kappa shape index (κ1) is 16.5. The number of benzene rings is 1. The summed E-state index contributed by atoms with van der Waals surface area (Å²) >= 11 is 0. The highest BCUT2D eigenvalue weighted by atomic mass is 16.1. The van der Waals surface area contributed by atoms with Crippen molar-refractivity contribution in [3.63, 3.8) is 0 Å². The van der Waals surface area contributed by atoms with E-state index >= 15 is 0 Å². The van der Waals surface area contributed by atoms with Crippen molar-refractivity contribution in [2.75, 3.05) is 0 Å². The number of unbranched alkanes of at least 4 members (excludes halogenated alkanes) is 1. The van der Waals surface area contributed by atoms with E-state index in [2.05, 4.69) is 25.1 Å². The minimum absolute atomic E-state index is 0.0434. The van der Waals surface area contributed by atoms with Gasteiger partial charge in [-0.05, 0) is 50.5 Å². The van der Waals surface area contributed by atoms with Gasteiger partial charge in [-0.1, -0.05) is 37.1 Å². The minimum Gasteiger partial charge on any atom is -0.320 e. The number of aryl methyl sites for hydroxylation is 3. The first-order valence-corrected chi connectivity index (χ1v) is 7.98. The van der Waals surface area contributed by atoms with Crippen molar-refractivity contribution < 1.29 is 0 Å². The van der Waals surface area contributed by atoms with Gasteiger partial charge in [-0.2, -0.15) is 0 Å². The Kier molecular flexibility index (Phi) is 5.19. The lowest BCUT2D eigenvalue weighted by atomic mass is 9.95. The molecule has 0 amide bonds. The van der Waals surface area contributed by atoms with Gasteiger partial charge >= 0.3 is 0 Å². The number of nitrogens with zero attached hydrogens (tertiary/aromatic N) is 1. The third-order valence-electron chi connectivity index (χ3n) is 4.26. The molecule has 2 N–H and O–H groups in total. The zero-order valence-corrected chi connectivity index (χ0v) is 14.0. The Morgan fingerprint density at radius 1 is 1.09 bits per heavy atom. The van der Waals surface area contributed by atoms with E-state index in [1.54, 1.807) is 0 Å². The summed E-state index contributed by atoms with van der Waals surface area (Å²) in [6.45, 7) is 8.95. The maximum Gasteiger partial charge on any atom is 0.255 e. The zero-order chi connectivity index (χ0) is 16.3. The van der Waals surface area contributed by atoms with Crippen LogP contribution in [-0.4, -0.2) is 4.57 Å². The molecule has 1 aromatic carbocycles. The van der Waals surface area contributed by atoms with Crippen molar-refractivity contribution in [2.24, 2.45) is 5.73 Å². The Morgan fingerprint density at radius 3 is 2.50 bits per heavy atom. The largest absolute Gasteiger partial charge is 0.320 e. The van der Waals surface area contributed by atoms with Crippen LogP contribution < -0.4 is 11.3 Å². The summed E-state index contributed by atoms with van der Waals surface area (Å²) in [6, 6.07) is 9.72. The van der Waals surface area contributed by atoms with Gasteiger partial charge in [-0.15, -0.1) is 0 Å². The maximum absolute atomic E-state index is 12.8. The second-order valence-electron chi connectivity index (χ2n) is 6.08. The Bertz CT molecular complexity index is 716. The maximum atomic E-state index is 12.8. The Balaban J connectivity index is 2.48. The molecule has 0 fully saturated rings. The number of hydrogen-bond donors (Lipinski definition) is 1. The molecule has 2 aromatic rings. The van der Waals surface area contributed by atoms with Gasteiger partial charge in [0.05, 0.1) is 6.04 Å². The van der Waals surface area contributed by atoms with E-state index in [4.69, 9.17) is 5.73 Å². The van der Waals surface area contributed by atoms with E-state index in [1.165, 1.54) is 0 Å². The van der Waals surface area contributed by atoms with E-state index in [0.29, 0.717) is 5.56 Å². The van der Waals surface area contributed by atoms with Crippen LogP contribution >= 0.6 is 0 Å². The van der Waals surface area contributed by atoms with Crippen LogP contribution in [0.15, 0.2) is 35.1 Å². The lowest BCUT2D eigenvalue weighted by molar-refractivity contribution is 0.590. The topological polar surface area (TPSA) is 48.0 Å². The van der Waals surface area contributed by atoms with Crippen molar-refractivity contribution in [3.8, 4) is 0 Å². The van der Waals surface area contributed by atoms with Crippen LogP contribution in [0, 0.1) is 20.8 Å². The molecule has 3 nitrogen and oxygen atoms in total. The molecule has 1 aromatic heterocycles. The van der Waals surface area contributed by atoms with Crippen LogP contribution in [-0.2, 0) is 6.54 Å². The first-order chi connectivity index (χ1) is 10.5. The molecule has 0 aliphatic carbocycles. The second kappa shape index (κ2) is 6.93. The van der Waals surface area contributed by atoms with Gasteiger partial charge in [0, 0.05) is 17.8 Å². The predicted molar refractivity (Wildman–Crippen MR) is 92.3 cm³/mol. The number of aromatic nitrogens is 1. The van der Waals surface area contributed by atoms with Crippen LogP contribution in [0.4, 0.5) is 0 Å². The molecule has 118 valence electrons. The lowest BCUT2D eigenvalue weighted by Gasteiger charge is -2.18. The molecule has 1 atom stereocenters. The fourth-order valence-electron chi connectivity index (χ4n) is 2.78. The molecule has 3 heteroatoms. The van der Waals surface area contributed by atoms with Crippen molar-refractivity contribution in [2.45, 2.75) is 53.1 Å². The molecule has 0 spiro atoms. The summed E-state index contributed by atoms with van der Waals surface area (Å²) in [5.41, 5.74) is 11.5. The van der Waals surface area contributed by atoms with E-state index in [9.17, 15) is 4.79 Å². The van der Waals surface area contributed by atoms with Crippen LogP contribution in [0.5, 0.6) is 0 Å². The fourth-order valence-corrected chi connectivity index (χ4v) is 2.78. The molecule has 0 radical (unpaired) electrons. The standard InChI is InChI=1S/C19H26N2O/c1-5-6-11-21-15(4)9-10-16(19(21)22)18(20)17-12-13(2)7-8-14(17)3/h7-10,12,18H,5-6,11,20H2,1-4H3. The quantitative estimate of drug-likeness (QED) is 0.916. The third-order valence-corrected chi connectivity index (χ3v) is 4.26. The third kappa shape index (κ3) is 3.30. The van der Waals surface area contributed by atoms with Crippen molar-refractivity contribution in [1.29, 1.82) is 0 Å². The zero-order valence-electron chi connectivity index (χ0n) is 14.0. The van der Waals surface area contributed by atoms with Crippen LogP contribution in [0.1, 0.15) is 53.8 Å². The van der Waals surface area contributed by atoms with E-state index in [1.807, 2.05) is 37.5 Å². The predicted octanol–water partition coefficient (Wildman–Crippen LogP) is 3.62. The summed E-state index contributed by atoms with van der Waals surface area (Å²) in [6.07, 6.45) is 2.07. The molecular weight excluding hydrogens is 272 g/mol. The highest BCUT2D eigenvalue weighted by Crippen LogP contribution is 2.22. The molecular formula is C19H26N2O. The summed E-state index contributed by atoms with van der Waals surface area (Å²) in [5.74, 6) is 0. The molecule has 0 aliphatic rings. The van der Waals surface area contributed by atoms with Gasteiger partial charge in [0.2, 0.25) is 0 Å². The molecule has 22 heavy (non-hydrogen) atoms. The van der Waals surface area contributed by atoms with Gasteiger partial charge in [-0.25, -0.2) is 0 Å². The molecule has 0 bridgehead atoms. The lowest BCUT2D eigenvalue weighted by Crippen LogP contribution is -2.30. The fraction of sp³-hybridized carbons (Fsp3) is 0.421. The van der Waals surface area contributed by atoms with E-state index < -0.39 is 0 Å². The van der Waals surface area contributed by atoms with Crippen molar-refractivity contribution >= 4 is 0 Å². The minimum atomic E-state index is -0.374. The SMILES string of the molecule is CCCCn1c(C)ccc(C(N)c2cc(C)ccc2C)c1=O. The Labute approximate surface area is 132 Å². The van der Waals surface area contributed by atoms with Gasteiger partial charge < -0.3 is 10.3 Å². The molecule has 0 saturated carbocycles. The van der Waals surface area contributed by atoms with E-state index in [-0.39, 0.29) is 11.6 Å². The van der Waals surface area contributed by atoms with Crippen LogP contribution in [0.2, 0.25) is 0 Å². The number of pyridine rings is 1. The van der Waals surface area contributed by atoms with E-state index in [0.717, 1.165) is 41.8 Å². The Morgan fingerprint density at radius 2 is 1.82 bits per heavy atom. The monoisotopic (exact) mass is 298 g/mol. The highest BCUT2D eigenvalue weighted by molar-refractivity contribution is 5.38. The molecule has 1 unspecified atom stereocenters. The number of hydrogen-bond acceptors (Lipinski definition) is 2. The summed E-state index contributed by atoms with van der Waals surface area (Å²) in [7, 11) is 0. The normalized spacial score (nSPS) is 12.4. The first-order valence-electron chi connectivity index (χ1n) is 7.98. The van der Waals surface area contributed by atoms with Gasteiger partial charge in [-0.3, -0.25) is 4.79 Å². The van der Waals surface area contributed by atoms with Gasteiger partial charge in [0.15, 0.2) is 0 Å². The summed E-state index contributed by atoms with van der Waals surface area (Å²) in [4.78, 5) is 12.8. The molecule has 0 aliphatic heterocycles. The molecule has 0 saturated heterocycles. The van der Waals surface area contributed by atoms with Gasteiger partial charge in [0.25, 0.3) is 5.56 Å². The summed E-state index contributed by atoms with van der Waals surface area (Å²) < 4.78 is 1.85. The van der Waals surface area contributed by atoms with Crippen LogP contribution in [0.3, 0.4) is 0 Å². The van der Waals surface area contributed by atoms with Crippen molar-refractivity contribution in [3.05, 3.63) is 68.6 Å². The molecule has 1 heterocycles. The smallest absolute Gasteiger partial charge is 0.255 e. The Hall–Kier alpha value is -1.87. The highest BCUT2D eigenvalue weighted by Gasteiger charge is 2.17.